The minimum Gasteiger partial charge on any atom is -0.206 e. The van der Waals surface area contributed by atoms with Gasteiger partial charge in [0.25, 0.3) is 6.43 Å². The Labute approximate surface area is 173 Å². The van der Waals surface area contributed by atoms with E-state index < -0.39 is 29.4 Å². The second-order valence-electron chi connectivity index (χ2n) is 8.59. The summed E-state index contributed by atoms with van der Waals surface area (Å²) in [5, 5.41) is 0. The summed E-state index contributed by atoms with van der Waals surface area (Å²) in [7, 11) is 0. The first-order valence-corrected chi connectivity index (χ1v) is 10.7. The van der Waals surface area contributed by atoms with Crippen LogP contribution in [0.3, 0.4) is 0 Å². The summed E-state index contributed by atoms with van der Waals surface area (Å²) in [6, 6.07) is 4.94. The average molecular weight is 420 g/mol. The first-order chi connectivity index (χ1) is 14.4. The highest BCUT2D eigenvalue weighted by atomic mass is 19.3. The van der Waals surface area contributed by atoms with Crippen LogP contribution in [-0.4, -0.2) is 0 Å². The van der Waals surface area contributed by atoms with Gasteiger partial charge in [0, 0.05) is 5.56 Å². The fourth-order valence-corrected chi connectivity index (χ4v) is 5.04. The Morgan fingerprint density at radius 3 is 2.17 bits per heavy atom. The zero-order chi connectivity index (χ0) is 21.4. The number of benzene rings is 2. The first-order valence-electron chi connectivity index (χ1n) is 10.7. The SMILES string of the molecule is CCCC1CCC(c2cc(F)c(C3=Cc4cc(F)c(C(F)F)cc4C3)c(F)c2)CC1. The van der Waals surface area contributed by atoms with E-state index >= 15 is 0 Å². The quantitative estimate of drug-likeness (QED) is 0.428. The van der Waals surface area contributed by atoms with Crippen molar-refractivity contribution < 1.29 is 22.0 Å². The van der Waals surface area contributed by atoms with Crippen molar-refractivity contribution in [2.24, 2.45) is 5.92 Å². The molecule has 160 valence electrons. The average Bonchev–Trinajstić information content (AvgIpc) is 3.09. The molecule has 2 aliphatic carbocycles. The van der Waals surface area contributed by atoms with Crippen LogP contribution in [0.1, 0.15) is 85.6 Å². The van der Waals surface area contributed by atoms with Gasteiger partial charge in [-0.1, -0.05) is 25.8 Å². The smallest absolute Gasteiger partial charge is 0.206 e. The molecular weight excluding hydrogens is 395 g/mol. The number of rotatable bonds is 5. The highest BCUT2D eigenvalue weighted by Gasteiger charge is 2.27. The number of fused-ring (bicyclic) bond motifs is 1. The van der Waals surface area contributed by atoms with E-state index in [1.54, 1.807) is 0 Å². The van der Waals surface area contributed by atoms with Crippen molar-refractivity contribution in [3.8, 4) is 0 Å². The van der Waals surface area contributed by atoms with Gasteiger partial charge in [0.1, 0.15) is 17.5 Å². The van der Waals surface area contributed by atoms with Crippen LogP contribution in [0.25, 0.3) is 11.6 Å². The van der Waals surface area contributed by atoms with E-state index in [9.17, 15) is 22.0 Å². The highest BCUT2D eigenvalue weighted by Crippen LogP contribution is 2.41. The van der Waals surface area contributed by atoms with Gasteiger partial charge >= 0.3 is 0 Å². The lowest BCUT2D eigenvalue weighted by atomic mass is 9.77. The third-order valence-corrected chi connectivity index (χ3v) is 6.60. The zero-order valence-electron chi connectivity index (χ0n) is 17.0. The highest BCUT2D eigenvalue weighted by molar-refractivity contribution is 5.89. The maximum atomic E-state index is 15.0. The standard InChI is InChI=1S/C25H25F5/c1-2-3-14-4-6-15(7-5-14)18-12-22(27)24(23(28)13-18)19-8-16-10-20(25(29)30)21(26)11-17(16)9-19/h9-15,25H,2-8H2,1H3. The van der Waals surface area contributed by atoms with Crippen LogP contribution >= 0.6 is 0 Å². The number of hydrogen-bond donors (Lipinski definition) is 0. The summed E-state index contributed by atoms with van der Waals surface area (Å²) in [6.07, 6.45) is 5.07. The van der Waals surface area contributed by atoms with Crippen molar-refractivity contribution in [3.63, 3.8) is 0 Å². The maximum absolute atomic E-state index is 15.0. The molecule has 30 heavy (non-hydrogen) atoms. The van der Waals surface area contributed by atoms with Crippen LogP contribution in [0.4, 0.5) is 22.0 Å². The summed E-state index contributed by atoms with van der Waals surface area (Å²) < 4.78 is 69.7. The molecule has 0 unspecified atom stereocenters. The third kappa shape index (κ3) is 4.03. The molecule has 0 atom stereocenters. The lowest BCUT2D eigenvalue weighted by molar-refractivity contribution is 0.146. The van der Waals surface area contributed by atoms with Crippen molar-refractivity contribution in [1.29, 1.82) is 0 Å². The molecule has 1 saturated carbocycles. The number of halogens is 5. The lowest BCUT2D eigenvalue weighted by Crippen LogP contribution is -2.14. The number of alkyl halides is 2. The largest absolute Gasteiger partial charge is 0.266 e. The second kappa shape index (κ2) is 8.52. The molecule has 4 rings (SSSR count). The van der Waals surface area contributed by atoms with Gasteiger partial charge in [-0.25, -0.2) is 22.0 Å². The van der Waals surface area contributed by atoms with Crippen LogP contribution in [0.2, 0.25) is 0 Å². The van der Waals surface area contributed by atoms with E-state index in [4.69, 9.17) is 0 Å². The summed E-state index contributed by atoms with van der Waals surface area (Å²) in [5.41, 5.74) is 1.06. The summed E-state index contributed by atoms with van der Waals surface area (Å²) >= 11 is 0. The van der Waals surface area contributed by atoms with E-state index in [2.05, 4.69) is 6.92 Å². The molecule has 1 fully saturated rings. The van der Waals surface area contributed by atoms with Crippen molar-refractivity contribution in [2.45, 2.75) is 64.2 Å². The minimum absolute atomic E-state index is 0.102. The molecule has 0 bridgehead atoms. The summed E-state index contributed by atoms with van der Waals surface area (Å²) in [6.45, 7) is 2.17. The molecule has 0 spiro atoms. The van der Waals surface area contributed by atoms with Crippen molar-refractivity contribution >= 4 is 11.6 Å². The molecule has 2 aliphatic rings. The van der Waals surface area contributed by atoms with Gasteiger partial charge in [0.2, 0.25) is 0 Å². The third-order valence-electron chi connectivity index (χ3n) is 6.60. The predicted octanol–water partition coefficient (Wildman–Crippen LogP) is 8.21. The Balaban J connectivity index is 1.57. The van der Waals surface area contributed by atoms with Crippen LogP contribution in [0.15, 0.2) is 24.3 Å². The Morgan fingerprint density at radius 2 is 1.57 bits per heavy atom. The molecule has 0 saturated heterocycles. The van der Waals surface area contributed by atoms with Gasteiger partial charge in [-0.2, -0.15) is 0 Å². The van der Waals surface area contributed by atoms with Gasteiger partial charge in [-0.15, -0.1) is 0 Å². The van der Waals surface area contributed by atoms with Gasteiger partial charge in [-0.3, -0.25) is 0 Å². The Morgan fingerprint density at radius 1 is 0.900 bits per heavy atom. The molecule has 5 heteroatoms. The molecule has 0 aromatic heterocycles. The Bertz CT molecular complexity index is 945. The van der Waals surface area contributed by atoms with Crippen LogP contribution in [0.5, 0.6) is 0 Å². The molecule has 0 amide bonds. The number of allylic oxidation sites excluding steroid dienone is 1. The van der Waals surface area contributed by atoms with Crippen molar-refractivity contribution in [2.75, 3.05) is 0 Å². The lowest BCUT2D eigenvalue weighted by Gasteiger charge is -2.29. The molecule has 0 heterocycles. The molecule has 0 radical (unpaired) electrons. The summed E-state index contributed by atoms with van der Waals surface area (Å²) in [4.78, 5) is 0. The van der Waals surface area contributed by atoms with Gasteiger partial charge in [0.05, 0.1) is 5.56 Å². The van der Waals surface area contributed by atoms with Gasteiger partial charge in [-0.05, 0) is 90.5 Å². The van der Waals surface area contributed by atoms with E-state index in [1.165, 1.54) is 24.6 Å². The van der Waals surface area contributed by atoms with Crippen molar-refractivity contribution in [3.05, 3.63) is 69.5 Å². The van der Waals surface area contributed by atoms with Crippen LogP contribution < -0.4 is 0 Å². The van der Waals surface area contributed by atoms with Crippen LogP contribution in [-0.2, 0) is 6.42 Å². The van der Waals surface area contributed by atoms with Crippen molar-refractivity contribution in [1.82, 2.24) is 0 Å². The van der Waals surface area contributed by atoms with Crippen LogP contribution in [0, 0.1) is 23.4 Å². The van der Waals surface area contributed by atoms with E-state index in [1.807, 2.05) is 0 Å². The molecule has 0 N–H and O–H groups in total. The van der Waals surface area contributed by atoms with E-state index in [0.717, 1.165) is 44.2 Å². The molecule has 0 nitrogen and oxygen atoms in total. The monoisotopic (exact) mass is 420 g/mol. The predicted molar refractivity (Wildman–Crippen MR) is 109 cm³/mol. The molecule has 2 aromatic carbocycles. The topological polar surface area (TPSA) is 0 Å². The molecular formula is C25H25F5. The summed E-state index contributed by atoms with van der Waals surface area (Å²) in [5.74, 6) is -1.42. The van der Waals surface area contributed by atoms with E-state index in [-0.39, 0.29) is 17.9 Å². The second-order valence-corrected chi connectivity index (χ2v) is 8.59. The fourth-order valence-electron chi connectivity index (χ4n) is 5.04. The molecule has 0 aliphatic heterocycles. The number of hydrogen-bond acceptors (Lipinski definition) is 0. The first kappa shape index (κ1) is 21.1. The fraction of sp³-hybridized carbons (Fsp3) is 0.440. The Kier molecular flexibility index (Phi) is 5.99. The minimum atomic E-state index is -2.93. The maximum Gasteiger partial charge on any atom is 0.266 e. The molecule has 2 aromatic rings. The van der Waals surface area contributed by atoms with E-state index in [0.29, 0.717) is 28.2 Å². The zero-order valence-corrected chi connectivity index (χ0v) is 17.0. The normalized spacial score (nSPS) is 21.1. The van der Waals surface area contributed by atoms with Gasteiger partial charge < -0.3 is 0 Å². The van der Waals surface area contributed by atoms with Gasteiger partial charge in [0.15, 0.2) is 0 Å². The Hall–Kier alpha value is -2.17.